The smallest absolute Gasteiger partial charge is 0.326 e. The number of carboxylic acid groups (broad SMARTS) is 1. The standard InChI is InChI=1S/C17H15ClN2O3S/c1-8-6-11(4-5-12(8)18)13-10(3)24-15-14(13)16(21)20(7-19-15)9(2)17(22)23/h4-7,9H,1-3H3,(H,22,23). The van der Waals surface area contributed by atoms with Crippen molar-refractivity contribution in [2.75, 3.05) is 0 Å². The molecule has 0 aliphatic heterocycles. The van der Waals surface area contributed by atoms with Crippen molar-refractivity contribution >= 4 is 39.1 Å². The molecule has 0 bridgehead atoms. The minimum atomic E-state index is -1.07. The fourth-order valence-electron chi connectivity index (χ4n) is 2.66. The van der Waals surface area contributed by atoms with Gasteiger partial charge in [-0.3, -0.25) is 9.36 Å². The van der Waals surface area contributed by atoms with Gasteiger partial charge < -0.3 is 5.11 Å². The number of hydrogen-bond donors (Lipinski definition) is 1. The van der Waals surface area contributed by atoms with Crippen LogP contribution in [0.2, 0.25) is 5.02 Å². The van der Waals surface area contributed by atoms with E-state index in [1.54, 1.807) is 6.07 Å². The lowest BCUT2D eigenvalue weighted by atomic mass is 10.0. The van der Waals surface area contributed by atoms with Crippen molar-refractivity contribution in [2.45, 2.75) is 26.8 Å². The van der Waals surface area contributed by atoms with Crippen molar-refractivity contribution < 1.29 is 9.90 Å². The van der Waals surface area contributed by atoms with Crippen molar-refractivity contribution in [1.29, 1.82) is 0 Å². The number of rotatable bonds is 3. The molecule has 0 fully saturated rings. The summed E-state index contributed by atoms with van der Waals surface area (Å²) in [5.74, 6) is -1.07. The minimum Gasteiger partial charge on any atom is -0.480 e. The summed E-state index contributed by atoms with van der Waals surface area (Å²) in [6.07, 6.45) is 1.30. The lowest BCUT2D eigenvalue weighted by Gasteiger charge is -2.10. The van der Waals surface area contributed by atoms with Gasteiger partial charge in [0, 0.05) is 15.5 Å². The maximum Gasteiger partial charge on any atom is 0.326 e. The average molecular weight is 363 g/mol. The molecule has 1 aromatic carbocycles. The number of aryl methyl sites for hydroxylation is 2. The molecule has 0 spiro atoms. The Kier molecular flexibility index (Phi) is 4.19. The van der Waals surface area contributed by atoms with Crippen LogP contribution in [0.3, 0.4) is 0 Å². The van der Waals surface area contributed by atoms with Crippen LogP contribution in [0.4, 0.5) is 0 Å². The second kappa shape index (κ2) is 6.03. The molecule has 0 radical (unpaired) electrons. The van der Waals surface area contributed by atoms with Crippen LogP contribution in [0.25, 0.3) is 21.3 Å². The van der Waals surface area contributed by atoms with Gasteiger partial charge in [-0.2, -0.15) is 0 Å². The molecule has 0 saturated heterocycles. The van der Waals surface area contributed by atoms with Gasteiger partial charge in [0.15, 0.2) is 0 Å². The third kappa shape index (κ3) is 2.61. The Bertz CT molecular complexity index is 1020. The number of carbonyl (C=O) groups is 1. The number of hydrogen-bond acceptors (Lipinski definition) is 4. The van der Waals surface area contributed by atoms with E-state index in [4.69, 9.17) is 11.6 Å². The first kappa shape index (κ1) is 16.7. The number of benzene rings is 1. The first-order valence-electron chi connectivity index (χ1n) is 7.30. The third-order valence-corrected chi connectivity index (χ3v) is 5.47. The Labute approximate surface area is 147 Å². The Morgan fingerprint density at radius 1 is 1.38 bits per heavy atom. The molecule has 124 valence electrons. The molecule has 7 heteroatoms. The summed E-state index contributed by atoms with van der Waals surface area (Å²) in [6, 6.07) is 4.61. The molecule has 3 aromatic rings. The fraction of sp³-hybridized carbons (Fsp3) is 0.235. The number of halogens is 1. The highest BCUT2D eigenvalue weighted by molar-refractivity contribution is 7.19. The molecule has 1 atom stereocenters. The van der Waals surface area contributed by atoms with Crippen LogP contribution in [0, 0.1) is 13.8 Å². The van der Waals surface area contributed by atoms with Crippen molar-refractivity contribution in [2.24, 2.45) is 0 Å². The Morgan fingerprint density at radius 3 is 2.71 bits per heavy atom. The Hall–Kier alpha value is -2.18. The molecule has 1 unspecified atom stereocenters. The van der Waals surface area contributed by atoms with Crippen LogP contribution >= 0.6 is 22.9 Å². The van der Waals surface area contributed by atoms with Gasteiger partial charge in [-0.25, -0.2) is 9.78 Å². The van der Waals surface area contributed by atoms with Crippen LogP contribution in [-0.2, 0) is 4.79 Å². The summed E-state index contributed by atoms with van der Waals surface area (Å²) >= 11 is 7.51. The van der Waals surface area contributed by atoms with Crippen LogP contribution in [0.15, 0.2) is 29.3 Å². The van der Waals surface area contributed by atoms with Crippen molar-refractivity contribution in [1.82, 2.24) is 9.55 Å². The summed E-state index contributed by atoms with van der Waals surface area (Å²) in [4.78, 5) is 30.0. The molecular weight excluding hydrogens is 348 g/mol. The van der Waals surface area contributed by atoms with Gasteiger partial charge in [0.05, 0.1) is 11.7 Å². The van der Waals surface area contributed by atoms with Crippen molar-refractivity contribution in [3.63, 3.8) is 0 Å². The topological polar surface area (TPSA) is 72.2 Å². The van der Waals surface area contributed by atoms with Gasteiger partial charge in [0.2, 0.25) is 0 Å². The molecule has 24 heavy (non-hydrogen) atoms. The fourth-order valence-corrected chi connectivity index (χ4v) is 3.78. The summed E-state index contributed by atoms with van der Waals surface area (Å²) < 4.78 is 1.16. The Balaban J connectivity index is 2.34. The van der Waals surface area contributed by atoms with E-state index in [1.807, 2.05) is 26.0 Å². The third-order valence-electron chi connectivity index (χ3n) is 4.03. The average Bonchev–Trinajstić information content (AvgIpc) is 2.87. The highest BCUT2D eigenvalue weighted by Crippen LogP contribution is 2.36. The largest absolute Gasteiger partial charge is 0.480 e. The number of thiophene rings is 1. The van der Waals surface area contributed by atoms with Gasteiger partial charge in [-0.1, -0.05) is 17.7 Å². The molecule has 0 aliphatic rings. The molecule has 1 N–H and O–H groups in total. The predicted octanol–water partition coefficient (Wildman–Crippen LogP) is 4.04. The quantitative estimate of drug-likeness (QED) is 0.763. The number of nitrogens with zero attached hydrogens (tertiary/aromatic N) is 2. The van der Waals surface area contributed by atoms with Gasteiger partial charge >= 0.3 is 5.97 Å². The van der Waals surface area contributed by atoms with E-state index in [9.17, 15) is 14.7 Å². The first-order chi connectivity index (χ1) is 11.3. The minimum absolute atomic E-state index is 0.346. The van der Waals surface area contributed by atoms with E-state index < -0.39 is 12.0 Å². The van der Waals surface area contributed by atoms with Crippen molar-refractivity contribution in [3.8, 4) is 11.1 Å². The molecule has 0 aliphatic carbocycles. The lowest BCUT2D eigenvalue weighted by molar-refractivity contribution is -0.140. The van der Waals surface area contributed by atoms with Crippen LogP contribution < -0.4 is 5.56 Å². The van der Waals surface area contributed by atoms with Crippen LogP contribution in [0.1, 0.15) is 23.4 Å². The molecule has 2 heterocycles. The molecule has 2 aromatic heterocycles. The molecular formula is C17H15ClN2O3S. The van der Waals surface area contributed by atoms with Crippen molar-refractivity contribution in [3.05, 3.63) is 50.3 Å². The Morgan fingerprint density at radius 2 is 2.08 bits per heavy atom. The number of aliphatic carboxylic acids is 1. The summed E-state index contributed by atoms with van der Waals surface area (Å²) in [5.41, 5.74) is 2.23. The maximum absolute atomic E-state index is 12.9. The van der Waals surface area contributed by atoms with E-state index in [0.717, 1.165) is 26.1 Å². The monoisotopic (exact) mass is 362 g/mol. The number of carboxylic acids is 1. The molecule has 0 amide bonds. The van der Waals surface area contributed by atoms with Gasteiger partial charge in [-0.05, 0) is 44.0 Å². The summed E-state index contributed by atoms with van der Waals surface area (Å²) in [6.45, 7) is 5.29. The summed E-state index contributed by atoms with van der Waals surface area (Å²) in [7, 11) is 0. The number of fused-ring (bicyclic) bond motifs is 1. The normalized spacial score (nSPS) is 12.5. The zero-order valence-electron chi connectivity index (χ0n) is 13.3. The maximum atomic E-state index is 12.9. The van der Waals surface area contributed by atoms with E-state index in [-0.39, 0.29) is 5.56 Å². The summed E-state index contributed by atoms with van der Waals surface area (Å²) in [5, 5.41) is 10.3. The SMILES string of the molecule is Cc1cc(-c2c(C)sc3ncn(C(C)C(=O)O)c(=O)c23)ccc1Cl. The van der Waals surface area contributed by atoms with Gasteiger partial charge in [-0.15, -0.1) is 11.3 Å². The zero-order chi connectivity index (χ0) is 17.6. The zero-order valence-corrected chi connectivity index (χ0v) is 14.9. The lowest BCUT2D eigenvalue weighted by Crippen LogP contribution is -2.28. The second-order valence-corrected chi connectivity index (χ2v) is 7.26. The highest BCUT2D eigenvalue weighted by Gasteiger charge is 2.21. The molecule has 5 nitrogen and oxygen atoms in total. The van der Waals surface area contributed by atoms with E-state index in [1.165, 1.54) is 24.6 Å². The van der Waals surface area contributed by atoms with E-state index in [0.29, 0.717) is 15.2 Å². The van der Waals surface area contributed by atoms with E-state index in [2.05, 4.69) is 4.98 Å². The second-order valence-electron chi connectivity index (χ2n) is 5.65. The van der Waals surface area contributed by atoms with Gasteiger partial charge in [0.1, 0.15) is 10.9 Å². The van der Waals surface area contributed by atoms with Crippen LogP contribution in [0.5, 0.6) is 0 Å². The highest BCUT2D eigenvalue weighted by atomic mass is 35.5. The van der Waals surface area contributed by atoms with E-state index >= 15 is 0 Å². The first-order valence-corrected chi connectivity index (χ1v) is 8.50. The van der Waals surface area contributed by atoms with Crippen LogP contribution in [-0.4, -0.2) is 20.6 Å². The molecule has 3 rings (SSSR count). The predicted molar refractivity (Wildman–Crippen MR) is 96.1 cm³/mol. The number of aromatic nitrogens is 2. The molecule has 0 saturated carbocycles. The van der Waals surface area contributed by atoms with Gasteiger partial charge in [0.25, 0.3) is 5.56 Å².